The van der Waals surface area contributed by atoms with Crippen LogP contribution in [-0.2, 0) is 20.0 Å². The molecular formula is C15H28N4. The molecule has 4 heteroatoms. The van der Waals surface area contributed by atoms with E-state index >= 15 is 0 Å². The Morgan fingerprint density at radius 2 is 2.21 bits per heavy atom. The number of nitrogens with one attached hydrogen (secondary N) is 1. The lowest BCUT2D eigenvalue weighted by molar-refractivity contribution is 0.204. The van der Waals surface area contributed by atoms with E-state index in [2.05, 4.69) is 49.2 Å². The summed E-state index contributed by atoms with van der Waals surface area (Å²) in [4.78, 5) is 2.57. The smallest absolute Gasteiger partial charge is 0.0625 e. The molecule has 1 N–H and O–H groups in total. The van der Waals surface area contributed by atoms with E-state index < -0.39 is 0 Å². The van der Waals surface area contributed by atoms with Crippen LogP contribution in [0.1, 0.15) is 45.0 Å². The van der Waals surface area contributed by atoms with Crippen LogP contribution < -0.4 is 5.32 Å². The summed E-state index contributed by atoms with van der Waals surface area (Å²) >= 11 is 0. The molecule has 0 spiro atoms. The van der Waals surface area contributed by atoms with E-state index in [9.17, 15) is 0 Å². The summed E-state index contributed by atoms with van der Waals surface area (Å²) in [5.74, 6) is 0. The van der Waals surface area contributed by atoms with Gasteiger partial charge in [-0.15, -0.1) is 0 Å². The van der Waals surface area contributed by atoms with Gasteiger partial charge in [0.25, 0.3) is 0 Å². The van der Waals surface area contributed by atoms with Gasteiger partial charge in [0.1, 0.15) is 0 Å². The van der Waals surface area contributed by atoms with Crippen molar-refractivity contribution >= 4 is 0 Å². The normalized spacial score (nSPS) is 25.5. The maximum absolute atomic E-state index is 4.55. The second-order valence-electron chi connectivity index (χ2n) is 6.01. The van der Waals surface area contributed by atoms with E-state index in [4.69, 9.17) is 0 Å². The van der Waals surface area contributed by atoms with Crippen LogP contribution in [0.4, 0.5) is 0 Å². The summed E-state index contributed by atoms with van der Waals surface area (Å²) in [5.41, 5.74) is 2.78. The second kappa shape index (κ2) is 6.06. The minimum atomic E-state index is 0.253. The van der Waals surface area contributed by atoms with E-state index in [1.807, 2.05) is 4.68 Å². The van der Waals surface area contributed by atoms with Gasteiger partial charge in [-0.3, -0.25) is 9.58 Å². The van der Waals surface area contributed by atoms with Crippen LogP contribution >= 0.6 is 0 Å². The maximum Gasteiger partial charge on any atom is 0.0625 e. The lowest BCUT2D eigenvalue weighted by atomic mass is 9.98. The minimum Gasteiger partial charge on any atom is -0.310 e. The molecule has 0 aliphatic carbocycles. The zero-order chi connectivity index (χ0) is 13.9. The average Bonchev–Trinajstić information content (AvgIpc) is 2.63. The lowest BCUT2D eigenvalue weighted by Gasteiger charge is -2.32. The number of nitrogens with zero attached hydrogens (tertiary/aromatic N) is 3. The zero-order valence-electron chi connectivity index (χ0n) is 12.9. The molecule has 1 fully saturated rings. The molecule has 1 atom stereocenters. The van der Waals surface area contributed by atoms with Crippen molar-refractivity contribution in [2.24, 2.45) is 7.05 Å². The van der Waals surface area contributed by atoms with Crippen molar-refractivity contribution in [3.05, 3.63) is 17.5 Å². The quantitative estimate of drug-likeness (QED) is 0.902. The highest BCUT2D eigenvalue weighted by molar-refractivity contribution is 5.10. The first kappa shape index (κ1) is 14.5. The third-order valence-corrected chi connectivity index (χ3v) is 4.33. The predicted octanol–water partition coefficient (Wildman–Crippen LogP) is 1.95. The Kier molecular flexibility index (Phi) is 4.63. The Morgan fingerprint density at radius 3 is 2.84 bits per heavy atom. The van der Waals surface area contributed by atoms with Gasteiger partial charge in [-0.1, -0.05) is 13.8 Å². The van der Waals surface area contributed by atoms with E-state index in [0.29, 0.717) is 0 Å². The van der Waals surface area contributed by atoms with Gasteiger partial charge in [0.2, 0.25) is 0 Å². The third-order valence-electron chi connectivity index (χ3n) is 4.33. The highest BCUT2D eigenvalue weighted by Gasteiger charge is 2.27. The van der Waals surface area contributed by atoms with Gasteiger partial charge in [0, 0.05) is 25.7 Å². The largest absolute Gasteiger partial charge is 0.310 e. The van der Waals surface area contributed by atoms with Crippen LogP contribution in [0.5, 0.6) is 0 Å². The standard InChI is InChI=1S/C15H28N4/c1-5-13-10-14(18(4)17-13)11-19-9-7-8-16-15(3,6-2)12-19/h10,16H,5-9,11-12H2,1-4H3. The van der Waals surface area contributed by atoms with Crippen molar-refractivity contribution in [2.75, 3.05) is 19.6 Å². The summed E-state index contributed by atoms with van der Waals surface area (Å²) in [6, 6.07) is 2.25. The van der Waals surface area contributed by atoms with Crippen LogP contribution in [0.3, 0.4) is 0 Å². The van der Waals surface area contributed by atoms with Crippen molar-refractivity contribution in [1.82, 2.24) is 20.0 Å². The Labute approximate surface area is 117 Å². The highest BCUT2D eigenvalue weighted by Crippen LogP contribution is 2.17. The van der Waals surface area contributed by atoms with E-state index in [1.54, 1.807) is 0 Å². The molecular weight excluding hydrogens is 236 g/mol. The molecule has 2 heterocycles. The zero-order valence-corrected chi connectivity index (χ0v) is 12.9. The van der Waals surface area contributed by atoms with Crippen LogP contribution in [0, 0.1) is 0 Å². The molecule has 4 nitrogen and oxygen atoms in total. The highest BCUT2D eigenvalue weighted by atomic mass is 15.3. The van der Waals surface area contributed by atoms with Gasteiger partial charge >= 0.3 is 0 Å². The molecule has 1 aromatic rings. The first-order valence-electron chi connectivity index (χ1n) is 7.55. The number of hydrogen-bond donors (Lipinski definition) is 1. The summed E-state index contributed by atoms with van der Waals surface area (Å²) < 4.78 is 2.04. The molecule has 1 aromatic heterocycles. The van der Waals surface area contributed by atoms with Gasteiger partial charge in [-0.25, -0.2) is 0 Å². The van der Waals surface area contributed by atoms with Crippen LogP contribution in [0.15, 0.2) is 6.07 Å². The van der Waals surface area contributed by atoms with Crippen molar-refractivity contribution in [1.29, 1.82) is 0 Å². The molecule has 19 heavy (non-hydrogen) atoms. The molecule has 0 aromatic carbocycles. The van der Waals surface area contributed by atoms with Gasteiger partial charge in [0.05, 0.1) is 11.4 Å². The molecule has 1 saturated heterocycles. The first-order valence-corrected chi connectivity index (χ1v) is 7.55. The van der Waals surface area contributed by atoms with Gasteiger partial charge < -0.3 is 5.32 Å². The number of hydrogen-bond acceptors (Lipinski definition) is 3. The number of aromatic nitrogens is 2. The SMILES string of the molecule is CCc1cc(CN2CCCNC(C)(CC)C2)n(C)n1. The topological polar surface area (TPSA) is 33.1 Å². The fourth-order valence-corrected chi connectivity index (χ4v) is 2.81. The summed E-state index contributed by atoms with van der Waals surface area (Å²) in [7, 11) is 2.06. The lowest BCUT2D eigenvalue weighted by Crippen LogP contribution is -2.48. The second-order valence-corrected chi connectivity index (χ2v) is 6.01. The fourth-order valence-electron chi connectivity index (χ4n) is 2.81. The molecule has 1 aliphatic rings. The Bertz CT molecular complexity index is 412. The molecule has 0 radical (unpaired) electrons. The third kappa shape index (κ3) is 3.57. The molecule has 0 bridgehead atoms. The summed E-state index contributed by atoms with van der Waals surface area (Å²) in [6.07, 6.45) is 3.42. The molecule has 0 saturated carbocycles. The summed E-state index contributed by atoms with van der Waals surface area (Å²) in [5, 5.41) is 8.24. The Hall–Kier alpha value is -0.870. The van der Waals surface area contributed by atoms with Crippen molar-refractivity contribution < 1.29 is 0 Å². The fraction of sp³-hybridized carbons (Fsp3) is 0.800. The van der Waals surface area contributed by atoms with Gasteiger partial charge in [-0.05, 0) is 45.3 Å². The average molecular weight is 264 g/mol. The monoisotopic (exact) mass is 264 g/mol. The summed E-state index contributed by atoms with van der Waals surface area (Å²) in [6.45, 7) is 11.2. The Balaban J connectivity index is 2.06. The first-order chi connectivity index (χ1) is 9.06. The molecule has 108 valence electrons. The van der Waals surface area contributed by atoms with Crippen molar-refractivity contribution in [3.63, 3.8) is 0 Å². The number of rotatable bonds is 4. The molecule has 2 rings (SSSR count). The predicted molar refractivity (Wildman–Crippen MR) is 79.2 cm³/mol. The number of aryl methyl sites for hydroxylation is 2. The maximum atomic E-state index is 4.55. The molecule has 1 aliphatic heterocycles. The van der Waals surface area contributed by atoms with E-state index in [0.717, 1.165) is 26.1 Å². The molecule has 1 unspecified atom stereocenters. The van der Waals surface area contributed by atoms with E-state index in [1.165, 1.54) is 30.8 Å². The van der Waals surface area contributed by atoms with Crippen LogP contribution in [0.2, 0.25) is 0 Å². The van der Waals surface area contributed by atoms with Crippen molar-refractivity contribution in [2.45, 2.75) is 52.1 Å². The van der Waals surface area contributed by atoms with Gasteiger partial charge in [0.15, 0.2) is 0 Å². The van der Waals surface area contributed by atoms with Gasteiger partial charge in [-0.2, -0.15) is 5.10 Å². The van der Waals surface area contributed by atoms with Crippen molar-refractivity contribution in [3.8, 4) is 0 Å². The van der Waals surface area contributed by atoms with Crippen LogP contribution in [-0.4, -0.2) is 39.9 Å². The molecule has 0 amide bonds. The minimum absolute atomic E-state index is 0.253. The van der Waals surface area contributed by atoms with E-state index in [-0.39, 0.29) is 5.54 Å². The Morgan fingerprint density at radius 1 is 1.42 bits per heavy atom. The van der Waals surface area contributed by atoms with Crippen LogP contribution in [0.25, 0.3) is 0 Å².